The lowest BCUT2D eigenvalue weighted by Gasteiger charge is -2.15. The summed E-state index contributed by atoms with van der Waals surface area (Å²) < 4.78 is 13.2. The van der Waals surface area contributed by atoms with Crippen molar-refractivity contribution in [3.8, 4) is 0 Å². The number of anilines is 1. The minimum atomic E-state index is -0.462. The van der Waals surface area contributed by atoms with Gasteiger partial charge in [-0.2, -0.15) is 0 Å². The van der Waals surface area contributed by atoms with Gasteiger partial charge in [0.15, 0.2) is 0 Å². The SMILES string of the molecule is Cc1[nH]c(/C=C2\C(=O)Nc3ccc(C(=O)NC(C)c4ccc(F)cc4)cc32)c(C)c1[N+](=O)[O-]. The van der Waals surface area contributed by atoms with Gasteiger partial charge in [-0.1, -0.05) is 12.1 Å². The van der Waals surface area contributed by atoms with Crippen molar-refractivity contribution in [3.63, 3.8) is 0 Å². The molecule has 168 valence electrons. The first kappa shape index (κ1) is 21.9. The average molecular weight is 448 g/mol. The lowest BCUT2D eigenvalue weighted by Crippen LogP contribution is -2.26. The molecule has 3 N–H and O–H groups in total. The van der Waals surface area contributed by atoms with Gasteiger partial charge in [0.1, 0.15) is 5.82 Å². The van der Waals surface area contributed by atoms with Crippen LogP contribution in [0, 0.1) is 29.8 Å². The molecule has 0 radical (unpaired) electrons. The number of fused-ring (bicyclic) bond motifs is 1. The molecule has 1 unspecified atom stereocenters. The Kier molecular flexibility index (Phi) is 5.55. The Hall–Kier alpha value is -4.27. The summed E-state index contributed by atoms with van der Waals surface area (Å²) in [6.07, 6.45) is 1.55. The van der Waals surface area contributed by atoms with Gasteiger partial charge in [-0.15, -0.1) is 0 Å². The maximum atomic E-state index is 13.2. The summed E-state index contributed by atoms with van der Waals surface area (Å²) in [7, 11) is 0. The second kappa shape index (κ2) is 8.34. The fourth-order valence-corrected chi connectivity index (χ4v) is 3.91. The monoisotopic (exact) mass is 448 g/mol. The molecule has 0 saturated heterocycles. The summed E-state index contributed by atoms with van der Waals surface area (Å²) in [5, 5.41) is 16.9. The molecule has 1 aromatic heterocycles. The zero-order valence-corrected chi connectivity index (χ0v) is 18.2. The predicted molar refractivity (Wildman–Crippen MR) is 122 cm³/mol. The Morgan fingerprint density at radius 1 is 1.18 bits per heavy atom. The van der Waals surface area contributed by atoms with Crippen molar-refractivity contribution in [1.29, 1.82) is 0 Å². The number of nitro groups is 1. The second-order valence-corrected chi connectivity index (χ2v) is 7.91. The molecule has 1 atom stereocenters. The first-order valence-corrected chi connectivity index (χ1v) is 10.2. The van der Waals surface area contributed by atoms with E-state index < -0.39 is 4.92 Å². The molecule has 33 heavy (non-hydrogen) atoms. The number of hydrogen-bond acceptors (Lipinski definition) is 4. The third-order valence-electron chi connectivity index (χ3n) is 5.69. The Morgan fingerprint density at radius 3 is 2.52 bits per heavy atom. The van der Waals surface area contributed by atoms with Gasteiger partial charge in [0.2, 0.25) is 0 Å². The molecule has 8 nitrogen and oxygen atoms in total. The number of nitrogens with zero attached hydrogens (tertiary/aromatic N) is 1. The topological polar surface area (TPSA) is 117 Å². The minimum Gasteiger partial charge on any atom is -0.353 e. The minimum absolute atomic E-state index is 0.0246. The van der Waals surface area contributed by atoms with Crippen molar-refractivity contribution in [2.24, 2.45) is 0 Å². The maximum Gasteiger partial charge on any atom is 0.293 e. The number of halogens is 1. The van der Waals surface area contributed by atoms with E-state index in [1.807, 2.05) is 0 Å². The molecule has 0 saturated carbocycles. The number of hydrogen-bond donors (Lipinski definition) is 3. The standard InChI is InChI=1S/C24H21FN4O4/c1-12-21(26-14(3)22(12)29(32)33)11-19-18-10-16(6-9-20(18)28-24(19)31)23(30)27-13(2)15-4-7-17(25)8-5-15/h4-11,13,26H,1-3H3,(H,27,30)(H,28,31)/b19-11-. The molecule has 2 aromatic carbocycles. The Morgan fingerprint density at radius 2 is 1.88 bits per heavy atom. The molecule has 1 aliphatic heterocycles. The van der Waals surface area contributed by atoms with Crippen molar-refractivity contribution >= 4 is 34.8 Å². The summed E-state index contributed by atoms with van der Waals surface area (Å²) in [5.41, 5.74) is 3.71. The van der Waals surface area contributed by atoms with E-state index in [1.54, 1.807) is 57.2 Å². The summed E-state index contributed by atoms with van der Waals surface area (Å²) in [6, 6.07) is 10.4. The fourth-order valence-electron chi connectivity index (χ4n) is 3.91. The second-order valence-electron chi connectivity index (χ2n) is 7.91. The molecule has 0 bridgehead atoms. The summed E-state index contributed by atoms with van der Waals surface area (Å²) in [4.78, 5) is 39.2. The van der Waals surface area contributed by atoms with E-state index in [4.69, 9.17) is 0 Å². The van der Waals surface area contributed by atoms with E-state index in [2.05, 4.69) is 15.6 Å². The highest BCUT2D eigenvalue weighted by molar-refractivity contribution is 6.35. The number of aromatic nitrogens is 1. The molecular weight excluding hydrogens is 427 g/mol. The smallest absolute Gasteiger partial charge is 0.293 e. The van der Waals surface area contributed by atoms with E-state index in [9.17, 15) is 24.1 Å². The lowest BCUT2D eigenvalue weighted by atomic mass is 10.0. The van der Waals surface area contributed by atoms with Gasteiger partial charge in [-0.05, 0) is 62.7 Å². The predicted octanol–water partition coefficient (Wildman–Crippen LogP) is 4.66. The van der Waals surface area contributed by atoms with Crippen LogP contribution < -0.4 is 10.6 Å². The van der Waals surface area contributed by atoms with Crippen molar-refractivity contribution < 1.29 is 18.9 Å². The van der Waals surface area contributed by atoms with E-state index >= 15 is 0 Å². The number of aryl methyl sites for hydroxylation is 1. The third-order valence-corrected chi connectivity index (χ3v) is 5.69. The van der Waals surface area contributed by atoms with Crippen molar-refractivity contribution in [2.75, 3.05) is 5.32 Å². The van der Waals surface area contributed by atoms with Crippen LogP contribution in [-0.2, 0) is 4.79 Å². The number of H-pyrrole nitrogens is 1. The molecule has 1 aliphatic rings. The van der Waals surface area contributed by atoms with Gasteiger partial charge in [0, 0.05) is 22.5 Å². The number of rotatable bonds is 5. The van der Waals surface area contributed by atoms with Crippen molar-refractivity contribution in [2.45, 2.75) is 26.8 Å². The molecule has 9 heteroatoms. The number of carbonyl (C=O) groups excluding carboxylic acids is 2. The number of benzene rings is 2. The fraction of sp³-hybridized carbons (Fsp3) is 0.167. The molecule has 0 aliphatic carbocycles. The number of carbonyl (C=O) groups is 2. The van der Waals surface area contributed by atoms with Crippen LogP contribution in [0.2, 0.25) is 0 Å². The molecule has 4 rings (SSSR count). The largest absolute Gasteiger partial charge is 0.353 e. The first-order chi connectivity index (χ1) is 15.7. The number of nitrogens with one attached hydrogen (secondary N) is 3. The number of amides is 2. The van der Waals surface area contributed by atoms with Gasteiger partial charge >= 0.3 is 0 Å². The highest BCUT2D eigenvalue weighted by Gasteiger charge is 2.27. The quantitative estimate of drug-likeness (QED) is 0.299. The van der Waals surface area contributed by atoms with E-state index in [0.717, 1.165) is 5.56 Å². The summed E-state index contributed by atoms with van der Waals surface area (Å²) in [5.74, 6) is -1.07. The van der Waals surface area contributed by atoms with Crippen LogP contribution in [0.15, 0.2) is 42.5 Å². The lowest BCUT2D eigenvalue weighted by molar-refractivity contribution is -0.385. The molecule has 3 aromatic rings. The Balaban J connectivity index is 1.64. The normalized spacial score (nSPS) is 14.7. The van der Waals surface area contributed by atoms with Crippen molar-refractivity contribution in [3.05, 3.63) is 92.0 Å². The van der Waals surface area contributed by atoms with E-state index in [-0.39, 0.29) is 29.4 Å². The summed E-state index contributed by atoms with van der Waals surface area (Å²) >= 11 is 0. The van der Waals surface area contributed by atoms with Gasteiger partial charge < -0.3 is 15.6 Å². The van der Waals surface area contributed by atoms with Crippen LogP contribution in [0.1, 0.15) is 51.4 Å². The van der Waals surface area contributed by atoms with E-state index in [1.165, 1.54) is 12.1 Å². The van der Waals surface area contributed by atoms with Crippen molar-refractivity contribution in [1.82, 2.24) is 10.3 Å². The van der Waals surface area contributed by atoms with Crippen LogP contribution in [0.25, 0.3) is 11.6 Å². The van der Waals surface area contributed by atoms with Crippen LogP contribution in [0.4, 0.5) is 15.8 Å². The summed E-state index contributed by atoms with van der Waals surface area (Å²) in [6.45, 7) is 5.00. The molecular formula is C24H21FN4O4. The van der Waals surface area contributed by atoms with Crippen LogP contribution in [0.5, 0.6) is 0 Å². The highest BCUT2D eigenvalue weighted by Crippen LogP contribution is 2.36. The van der Waals surface area contributed by atoms with Gasteiger partial charge in [0.25, 0.3) is 17.5 Å². The van der Waals surface area contributed by atoms with Gasteiger partial charge in [0.05, 0.1) is 27.8 Å². The van der Waals surface area contributed by atoms with E-state index in [0.29, 0.717) is 39.3 Å². The van der Waals surface area contributed by atoms with Crippen LogP contribution in [-0.4, -0.2) is 21.7 Å². The molecule has 0 fully saturated rings. The Labute approximate surface area is 188 Å². The highest BCUT2D eigenvalue weighted by atomic mass is 19.1. The zero-order valence-electron chi connectivity index (χ0n) is 18.2. The average Bonchev–Trinajstić information content (AvgIpc) is 3.23. The molecule has 0 spiro atoms. The van der Waals surface area contributed by atoms with Crippen LogP contribution >= 0.6 is 0 Å². The molecule has 2 amide bonds. The molecule has 2 heterocycles. The Bertz CT molecular complexity index is 1320. The van der Waals surface area contributed by atoms with Gasteiger partial charge in [-0.25, -0.2) is 4.39 Å². The first-order valence-electron chi connectivity index (χ1n) is 10.2. The maximum absolute atomic E-state index is 13.2. The van der Waals surface area contributed by atoms with Crippen LogP contribution in [0.3, 0.4) is 0 Å². The van der Waals surface area contributed by atoms with Gasteiger partial charge in [-0.3, -0.25) is 19.7 Å². The number of aromatic amines is 1. The third kappa shape index (κ3) is 4.12. The zero-order chi connectivity index (χ0) is 23.9.